The minimum atomic E-state index is -3.76. The molecule has 4 rings (SSSR count). The summed E-state index contributed by atoms with van der Waals surface area (Å²) in [6.07, 6.45) is 3.48. The van der Waals surface area contributed by atoms with Gasteiger partial charge in [-0.2, -0.15) is 8.42 Å². The lowest BCUT2D eigenvalue weighted by Gasteiger charge is -2.43. The minimum absolute atomic E-state index is 0.106. The molecule has 0 aromatic heterocycles. The molecule has 0 N–H and O–H groups in total. The van der Waals surface area contributed by atoms with Crippen molar-refractivity contribution in [2.75, 3.05) is 20.3 Å². The van der Waals surface area contributed by atoms with E-state index in [1.807, 2.05) is 6.92 Å². The fraction of sp³-hybridized carbons (Fsp3) is 0.480. The van der Waals surface area contributed by atoms with Crippen LogP contribution in [0.1, 0.15) is 42.7 Å². The first-order chi connectivity index (χ1) is 15.8. The average molecular weight is 583 g/mol. The van der Waals surface area contributed by atoms with E-state index in [1.54, 1.807) is 24.3 Å². The first-order valence-corrected chi connectivity index (χ1v) is 13.8. The second-order valence-corrected chi connectivity index (χ2v) is 11.8. The number of piperidine rings is 1. The van der Waals surface area contributed by atoms with Crippen LogP contribution in [0, 0.1) is 16.4 Å². The lowest BCUT2D eigenvalue weighted by molar-refractivity contribution is -0.150. The third-order valence-electron chi connectivity index (χ3n) is 6.94. The van der Waals surface area contributed by atoms with E-state index in [2.05, 4.69) is 51.8 Å². The third kappa shape index (κ3) is 5.44. The zero-order valence-corrected chi connectivity index (χ0v) is 21.9. The average Bonchev–Trinajstić information content (AvgIpc) is 3.07. The van der Waals surface area contributed by atoms with Crippen LogP contribution in [0.4, 0.5) is 0 Å². The Morgan fingerprint density at radius 3 is 2.45 bits per heavy atom. The van der Waals surface area contributed by atoms with Crippen molar-refractivity contribution in [2.24, 2.45) is 5.92 Å². The van der Waals surface area contributed by atoms with Gasteiger partial charge in [-0.1, -0.05) is 29.8 Å². The number of carbonyl (C=O) groups is 1. The Kier molecular flexibility index (Phi) is 7.77. The molecule has 2 saturated heterocycles. The summed E-state index contributed by atoms with van der Waals surface area (Å²) in [5.74, 6) is -0.237. The van der Waals surface area contributed by atoms with Crippen LogP contribution in [0.3, 0.4) is 0 Å². The van der Waals surface area contributed by atoms with Gasteiger partial charge in [0.15, 0.2) is 0 Å². The van der Waals surface area contributed by atoms with Gasteiger partial charge in [-0.25, -0.2) is 0 Å². The Balaban J connectivity index is 1.40. The van der Waals surface area contributed by atoms with Crippen molar-refractivity contribution in [1.29, 1.82) is 0 Å². The highest BCUT2D eigenvalue weighted by molar-refractivity contribution is 14.1. The van der Waals surface area contributed by atoms with Gasteiger partial charge in [-0.05, 0) is 85.0 Å². The number of methoxy groups -OCH3 is 1. The minimum Gasteiger partial charge on any atom is -0.469 e. The van der Waals surface area contributed by atoms with Crippen molar-refractivity contribution in [2.45, 2.75) is 55.5 Å². The predicted molar refractivity (Wildman–Crippen MR) is 134 cm³/mol. The first kappa shape index (κ1) is 24.6. The first-order valence-electron chi connectivity index (χ1n) is 11.4. The van der Waals surface area contributed by atoms with E-state index < -0.39 is 10.1 Å². The molecule has 0 amide bonds. The standard InChI is InChI=1S/C25H30INO5S/c1-17-4-11-21(12-5-17)33(29,30)32-15-3-14-27-20-10-13-23(27)24(25(28)31-2)22(16-20)18-6-8-19(26)9-7-18/h4-9,11-12,20,22-24H,3,10,13-16H2,1-2H3. The number of halogens is 1. The normalized spacial score (nSPS) is 25.2. The number of benzene rings is 2. The van der Waals surface area contributed by atoms with Crippen LogP contribution in [-0.4, -0.2) is 51.6 Å². The van der Waals surface area contributed by atoms with Crippen LogP contribution in [0.15, 0.2) is 53.4 Å². The number of ether oxygens (including phenoxy) is 1. The molecule has 6 nitrogen and oxygen atoms in total. The molecule has 2 aromatic carbocycles. The summed E-state index contributed by atoms with van der Waals surface area (Å²) in [6.45, 7) is 2.73. The Labute approximate surface area is 209 Å². The number of carbonyl (C=O) groups excluding carboxylic acids is 1. The van der Waals surface area contributed by atoms with Crippen molar-refractivity contribution in [3.8, 4) is 0 Å². The molecule has 0 aliphatic carbocycles. The van der Waals surface area contributed by atoms with Crippen LogP contribution in [-0.2, 0) is 23.8 Å². The molecule has 2 aromatic rings. The third-order valence-corrected chi connectivity index (χ3v) is 8.99. The molecule has 2 aliphatic rings. The van der Waals surface area contributed by atoms with Gasteiger partial charge in [0.25, 0.3) is 10.1 Å². The largest absolute Gasteiger partial charge is 0.469 e. The topological polar surface area (TPSA) is 72.9 Å². The summed E-state index contributed by atoms with van der Waals surface area (Å²) in [5, 5.41) is 0. The van der Waals surface area contributed by atoms with Crippen LogP contribution < -0.4 is 0 Å². The molecule has 178 valence electrons. The van der Waals surface area contributed by atoms with Gasteiger partial charge in [0, 0.05) is 28.1 Å². The van der Waals surface area contributed by atoms with Crippen molar-refractivity contribution in [3.63, 3.8) is 0 Å². The van der Waals surface area contributed by atoms with E-state index in [-0.39, 0.29) is 35.3 Å². The maximum absolute atomic E-state index is 12.8. The second-order valence-electron chi connectivity index (χ2n) is 8.92. The Bertz CT molecular complexity index is 1070. The van der Waals surface area contributed by atoms with Gasteiger partial charge in [0.1, 0.15) is 0 Å². The van der Waals surface area contributed by atoms with Crippen molar-refractivity contribution in [1.82, 2.24) is 4.90 Å². The van der Waals surface area contributed by atoms with E-state index >= 15 is 0 Å². The number of rotatable bonds is 8. The Hall–Kier alpha value is -1.49. The van der Waals surface area contributed by atoms with Crippen molar-refractivity contribution >= 4 is 38.7 Å². The van der Waals surface area contributed by atoms with E-state index in [0.717, 1.165) is 24.8 Å². The second kappa shape index (κ2) is 10.4. The van der Waals surface area contributed by atoms with E-state index in [4.69, 9.17) is 8.92 Å². The van der Waals surface area contributed by atoms with Gasteiger partial charge in [-0.3, -0.25) is 13.9 Å². The molecular weight excluding hydrogens is 553 g/mol. The van der Waals surface area contributed by atoms with Gasteiger partial charge < -0.3 is 4.74 Å². The van der Waals surface area contributed by atoms with Crippen molar-refractivity contribution < 1.29 is 22.1 Å². The van der Waals surface area contributed by atoms with E-state index in [0.29, 0.717) is 19.0 Å². The summed E-state index contributed by atoms with van der Waals surface area (Å²) in [5.41, 5.74) is 2.19. The molecule has 0 radical (unpaired) electrons. The van der Waals surface area contributed by atoms with Crippen LogP contribution in [0.5, 0.6) is 0 Å². The molecule has 2 fully saturated rings. The van der Waals surface area contributed by atoms with Gasteiger partial charge in [0.05, 0.1) is 24.5 Å². The zero-order valence-electron chi connectivity index (χ0n) is 18.9. The molecule has 8 heteroatoms. The number of fused-ring (bicyclic) bond motifs is 2. The highest BCUT2D eigenvalue weighted by Crippen LogP contribution is 2.47. The monoisotopic (exact) mass is 583 g/mol. The lowest BCUT2D eigenvalue weighted by atomic mass is 9.76. The van der Waals surface area contributed by atoms with Crippen LogP contribution in [0.25, 0.3) is 0 Å². The molecule has 0 saturated carbocycles. The van der Waals surface area contributed by atoms with Gasteiger partial charge >= 0.3 is 5.97 Å². The highest BCUT2D eigenvalue weighted by atomic mass is 127. The summed E-state index contributed by atoms with van der Waals surface area (Å²) in [7, 11) is -2.30. The molecular formula is C25H30INO5S. The molecule has 4 unspecified atom stereocenters. The molecule has 2 aliphatic heterocycles. The summed E-state index contributed by atoms with van der Waals surface area (Å²) in [6, 6.07) is 15.6. The van der Waals surface area contributed by atoms with Gasteiger partial charge in [0.2, 0.25) is 0 Å². The predicted octanol–water partition coefficient (Wildman–Crippen LogP) is 4.50. The molecule has 4 atom stereocenters. The summed E-state index contributed by atoms with van der Waals surface area (Å²) in [4.78, 5) is 15.4. The number of hydrogen-bond acceptors (Lipinski definition) is 6. The Morgan fingerprint density at radius 2 is 1.79 bits per heavy atom. The van der Waals surface area contributed by atoms with Gasteiger partial charge in [-0.15, -0.1) is 0 Å². The lowest BCUT2D eigenvalue weighted by Crippen LogP contribution is -2.51. The van der Waals surface area contributed by atoms with Crippen LogP contribution >= 0.6 is 22.6 Å². The SMILES string of the molecule is COC(=O)C1C(c2ccc(I)cc2)CC2CCC1N2CCCOS(=O)(=O)c1ccc(C)cc1. The maximum Gasteiger partial charge on any atom is 0.310 e. The fourth-order valence-corrected chi connectivity index (χ4v) is 6.66. The molecule has 33 heavy (non-hydrogen) atoms. The van der Waals surface area contributed by atoms with E-state index in [1.165, 1.54) is 16.2 Å². The number of hydrogen-bond donors (Lipinski definition) is 0. The number of aryl methyl sites for hydroxylation is 1. The maximum atomic E-state index is 12.8. The zero-order chi connectivity index (χ0) is 23.6. The number of nitrogens with zero attached hydrogens (tertiary/aromatic N) is 1. The smallest absolute Gasteiger partial charge is 0.310 e. The molecule has 2 bridgehead atoms. The molecule has 2 heterocycles. The Morgan fingerprint density at radius 1 is 1.09 bits per heavy atom. The summed E-state index contributed by atoms with van der Waals surface area (Å²) < 4.78 is 36.6. The molecule has 0 spiro atoms. The van der Waals surface area contributed by atoms with E-state index in [9.17, 15) is 13.2 Å². The highest BCUT2D eigenvalue weighted by Gasteiger charge is 2.50. The fourth-order valence-electron chi connectivity index (χ4n) is 5.36. The summed E-state index contributed by atoms with van der Waals surface area (Å²) >= 11 is 2.29. The number of esters is 1. The van der Waals surface area contributed by atoms with Crippen LogP contribution in [0.2, 0.25) is 0 Å². The van der Waals surface area contributed by atoms with Crippen molar-refractivity contribution in [3.05, 3.63) is 63.2 Å². The quantitative estimate of drug-likeness (QED) is 0.197.